The number of aromatic carboxylic acids is 1. The zero-order chi connectivity index (χ0) is 17.1. The van der Waals surface area contributed by atoms with Crippen LogP contribution in [0.5, 0.6) is 0 Å². The normalized spacial score (nSPS) is 15.7. The largest absolute Gasteiger partial charge is 0.476 e. The first-order valence-electron chi connectivity index (χ1n) is 7.48. The van der Waals surface area contributed by atoms with Crippen LogP contribution in [0.2, 0.25) is 10.0 Å². The highest BCUT2D eigenvalue weighted by Gasteiger charge is 2.22. The van der Waals surface area contributed by atoms with Crippen LogP contribution in [-0.4, -0.2) is 45.7 Å². The number of halogens is 2. The van der Waals surface area contributed by atoms with Crippen LogP contribution in [0.3, 0.4) is 0 Å². The second-order valence-corrected chi connectivity index (χ2v) is 6.42. The van der Waals surface area contributed by atoms with E-state index in [2.05, 4.69) is 20.3 Å². The van der Waals surface area contributed by atoms with E-state index in [-0.39, 0.29) is 18.4 Å². The Morgan fingerprint density at radius 1 is 1.25 bits per heavy atom. The minimum atomic E-state index is -1.12. The van der Waals surface area contributed by atoms with Crippen LogP contribution in [0, 0.1) is 0 Å². The van der Waals surface area contributed by atoms with Crippen LogP contribution >= 0.6 is 23.2 Å². The molecule has 1 aliphatic rings. The molecule has 2 N–H and O–H groups in total. The van der Waals surface area contributed by atoms with Crippen molar-refractivity contribution in [2.45, 2.75) is 25.6 Å². The highest BCUT2D eigenvalue weighted by Crippen LogP contribution is 2.28. The molecule has 0 aliphatic carbocycles. The van der Waals surface area contributed by atoms with Gasteiger partial charge in [-0.1, -0.05) is 23.2 Å². The maximum absolute atomic E-state index is 11.0. The maximum atomic E-state index is 11.0. The van der Waals surface area contributed by atoms with Gasteiger partial charge in [0.1, 0.15) is 5.69 Å². The van der Waals surface area contributed by atoms with Gasteiger partial charge in [-0.05, 0) is 31.0 Å². The SMILES string of the molecule is O=C(O)c1n[nH]nc1COC1CCN(c2cc(Cl)cc(Cl)c2)CC1. The number of piperidine rings is 1. The van der Waals surface area contributed by atoms with Gasteiger partial charge in [0.2, 0.25) is 0 Å². The van der Waals surface area contributed by atoms with E-state index in [4.69, 9.17) is 33.0 Å². The molecule has 2 heterocycles. The summed E-state index contributed by atoms with van der Waals surface area (Å²) in [7, 11) is 0. The lowest BCUT2D eigenvalue weighted by Gasteiger charge is -2.33. The molecule has 0 radical (unpaired) electrons. The minimum Gasteiger partial charge on any atom is -0.476 e. The van der Waals surface area contributed by atoms with Crippen molar-refractivity contribution < 1.29 is 14.6 Å². The van der Waals surface area contributed by atoms with Crippen molar-refractivity contribution in [2.75, 3.05) is 18.0 Å². The second-order valence-electron chi connectivity index (χ2n) is 5.55. The Morgan fingerprint density at radius 2 is 1.92 bits per heavy atom. The van der Waals surface area contributed by atoms with E-state index in [1.54, 1.807) is 6.07 Å². The Morgan fingerprint density at radius 3 is 2.54 bits per heavy atom. The number of aromatic amines is 1. The lowest BCUT2D eigenvalue weighted by molar-refractivity contribution is 0.0226. The van der Waals surface area contributed by atoms with E-state index in [1.807, 2.05) is 12.1 Å². The summed E-state index contributed by atoms with van der Waals surface area (Å²) in [5, 5.41) is 20.0. The Labute approximate surface area is 148 Å². The third-order valence-electron chi connectivity index (χ3n) is 3.93. The number of anilines is 1. The fourth-order valence-corrected chi connectivity index (χ4v) is 3.24. The number of carboxylic acids is 1. The fourth-order valence-electron chi connectivity index (χ4n) is 2.72. The number of aromatic nitrogens is 3. The number of benzene rings is 1. The van der Waals surface area contributed by atoms with Gasteiger partial charge in [-0.2, -0.15) is 10.3 Å². The van der Waals surface area contributed by atoms with E-state index >= 15 is 0 Å². The molecule has 0 amide bonds. The standard InChI is InChI=1S/C15H16Cl2N4O3/c16-9-5-10(17)7-11(6-9)21-3-1-12(2-4-21)24-8-13-14(15(22)23)19-20-18-13/h5-7,12H,1-4,8H2,(H,22,23)(H,18,19,20). The summed E-state index contributed by atoms with van der Waals surface area (Å²) in [6.45, 7) is 1.75. The van der Waals surface area contributed by atoms with Crippen LogP contribution in [0.15, 0.2) is 18.2 Å². The molecule has 1 fully saturated rings. The molecular formula is C15H16Cl2N4O3. The first-order valence-corrected chi connectivity index (χ1v) is 8.24. The molecule has 1 aliphatic heterocycles. The molecule has 1 aromatic heterocycles. The number of H-pyrrole nitrogens is 1. The number of carboxylic acid groups (broad SMARTS) is 1. The number of nitrogens with zero attached hydrogens (tertiary/aromatic N) is 3. The predicted molar refractivity (Wildman–Crippen MR) is 89.8 cm³/mol. The number of hydrogen-bond donors (Lipinski definition) is 2. The van der Waals surface area contributed by atoms with Crippen molar-refractivity contribution in [3.05, 3.63) is 39.6 Å². The van der Waals surface area contributed by atoms with Crippen molar-refractivity contribution in [3.63, 3.8) is 0 Å². The van der Waals surface area contributed by atoms with Gasteiger partial charge in [0.25, 0.3) is 0 Å². The van der Waals surface area contributed by atoms with Crippen LogP contribution in [0.1, 0.15) is 29.0 Å². The van der Waals surface area contributed by atoms with E-state index in [0.29, 0.717) is 15.7 Å². The van der Waals surface area contributed by atoms with E-state index in [1.165, 1.54) is 0 Å². The molecule has 0 saturated carbocycles. The molecule has 3 rings (SSSR count). The smallest absolute Gasteiger partial charge is 0.358 e. The average molecular weight is 371 g/mol. The molecule has 7 nitrogen and oxygen atoms in total. The Kier molecular flexibility index (Phi) is 5.23. The van der Waals surface area contributed by atoms with Crippen LogP contribution in [0.4, 0.5) is 5.69 Å². The Hall–Kier alpha value is -1.83. The van der Waals surface area contributed by atoms with Crippen molar-refractivity contribution in [1.29, 1.82) is 0 Å². The number of hydrogen-bond acceptors (Lipinski definition) is 5. The highest BCUT2D eigenvalue weighted by molar-refractivity contribution is 6.35. The van der Waals surface area contributed by atoms with Gasteiger partial charge in [0, 0.05) is 28.8 Å². The predicted octanol–water partition coefficient (Wildman–Crippen LogP) is 3.00. The van der Waals surface area contributed by atoms with E-state index in [9.17, 15) is 4.79 Å². The number of rotatable bonds is 5. The summed E-state index contributed by atoms with van der Waals surface area (Å²) in [6, 6.07) is 5.49. The van der Waals surface area contributed by atoms with Crippen molar-refractivity contribution in [2.24, 2.45) is 0 Å². The lowest BCUT2D eigenvalue weighted by Crippen LogP contribution is -2.37. The topological polar surface area (TPSA) is 91.3 Å². The fraction of sp³-hybridized carbons (Fsp3) is 0.400. The second kappa shape index (κ2) is 7.38. The van der Waals surface area contributed by atoms with Gasteiger partial charge < -0.3 is 14.7 Å². The third kappa shape index (κ3) is 3.98. The monoisotopic (exact) mass is 370 g/mol. The first-order chi connectivity index (χ1) is 11.5. The average Bonchev–Trinajstić information content (AvgIpc) is 3.01. The summed E-state index contributed by atoms with van der Waals surface area (Å²) in [6.07, 6.45) is 1.70. The van der Waals surface area contributed by atoms with Crippen molar-refractivity contribution in [1.82, 2.24) is 15.4 Å². The molecule has 2 aromatic rings. The third-order valence-corrected chi connectivity index (χ3v) is 4.37. The number of carbonyl (C=O) groups is 1. The zero-order valence-electron chi connectivity index (χ0n) is 12.7. The van der Waals surface area contributed by atoms with Gasteiger partial charge in [0.05, 0.1) is 12.7 Å². The van der Waals surface area contributed by atoms with Crippen molar-refractivity contribution >= 4 is 34.9 Å². The van der Waals surface area contributed by atoms with Gasteiger partial charge >= 0.3 is 5.97 Å². The quantitative estimate of drug-likeness (QED) is 0.840. The van der Waals surface area contributed by atoms with E-state index < -0.39 is 5.97 Å². The van der Waals surface area contributed by atoms with Gasteiger partial charge in [-0.3, -0.25) is 0 Å². The van der Waals surface area contributed by atoms with Gasteiger partial charge in [-0.25, -0.2) is 4.79 Å². The first kappa shape index (κ1) is 17.0. The number of ether oxygens (including phenoxy) is 1. The maximum Gasteiger partial charge on any atom is 0.358 e. The molecule has 128 valence electrons. The van der Waals surface area contributed by atoms with Crippen LogP contribution in [-0.2, 0) is 11.3 Å². The van der Waals surface area contributed by atoms with Crippen LogP contribution < -0.4 is 4.90 Å². The summed E-state index contributed by atoms with van der Waals surface area (Å²) < 4.78 is 5.79. The Bertz CT molecular complexity index is 709. The zero-order valence-corrected chi connectivity index (χ0v) is 14.2. The molecule has 9 heteroatoms. The van der Waals surface area contributed by atoms with Crippen LogP contribution in [0.25, 0.3) is 0 Å². The molecule has 0 spiro atoms. The molecule has 0 atom stereocenters. The molecule has 1 saturated heterocycles. The summed E-state index contributed by atoms with van der Waals surface area (Å²) in [4.78, 5) is 13.2. The van der Waals surface area contributed by atoms with Gasteiger partial charge in [0.15, 0.2) is 5.69 Å². The minimum absolute atomic E-state index is 0.0502. The number of nitrogens with one attached hydrogen (secondary N) is 1. The Balaban J connectivity index is 1.53. The summed E-state index contributed by atoms with van der Waals surface area (Å²) in [5.74, 6) is -1.12. The van der Waals surface area contributed by atoms with Crippen molar-refractivity contribution in [3.8, 4) is 0 Å². The summed E-state index contributed by atoms with van der Waals surface area (Å²) >= 11 is 12.1. The molecule has 1 aromatic carbocycles. The summed E-state index contributed by atoms with van der Waals surface area (Å²) in [5.41, 5.74) is 1.21. The lowest BCUT2D eigenvalue weighted by atomic mass is 10.1. The van der Waals surface area contributed by atoms with Gasteiger partial charge in [-0.15, -0.1) is 5.10 Å². The molecular weight excluding hydrogens is 355 g/mol. The molecule has 0 bridgehead atoms. The molecule has 24 heavy (non-hydrogen) atoms. The van der Waals surface area contributed by atoms with E-state index in [0.717, 1.165) is 31.6 Å². The molecule has 0 unspecified atom stereocenters. The highest BCUT2D eigenvalue weighted by atomic mass is 35.5.